The standard InChI is InChI=1S/C14H19ClN2O2/c1-3-19-11-6-10(7-11)17-9-4-5-13(15)12(8-9)14(18)16-2/h4-5,8,10-11,17H,3,6-7H2,1-2H3,(H,16,18). The molecule has 0 spiro atoms. The van der Waals surface area contributed by atoms with Crippen molar-refractivity contribution in [2.45, 2.75) is 31.9 Å². The van der Waals surface area contributed by atoms with Crippen molar-refractivity contribution in [2.75, 3.05) is 19.0 Å². The first kappa shape index (κ1) is 14.2. The van der Waals surface area contributed by atoms with Crippen LogP contribution in [0.1, 0.15) is 30.1 Å². The van der Waals surface area contributed by atoms with Crippen molar-refractivity contribution in [1.29, 1.82) is 0 Å². The Kier molecular flexibility index (Phi) is 4.66. The Bertz CT molecular complexity index is 459. The molecule has 0 aromatic heterocycles. The van der Waals surface area contributed by atoms with Crippen molar-refractivity contribution in [1.82, 2.24) is 5.32 Å². The molecule has 0 heterocycles. The minimum absolute atomic E-state index is 0.172. The summed E-state index contributed by atoms with van der Waals surface area (Å²) in [5, 5.41) is 6.44. The van der Waals surface area contributed by atoms with E-state index in [0.29, 0.717) is 22.7 Å². The molecule has 0 radical (unpaired) electrons. The first-order valence-corrected chi connectivity index (χ1v) is 6.91. The van der Waals surface area contributed by atoms with Crippen LogP contribution in [-0.2, 0) is 4.74 Å². The number of ether oxygens (including phenoxy) is 1. The van der Waals surface area contributed by atoms with Gasteiger partial charge in [-0.05, 0) is 38.0 Å². The van der Waals surface area contributed by atoms with E-state index in [-0.39, 0.29) is 5.91 Å². The first-order valence-electron chi connectivity index (χ1n) is 6.53. The van der Waals surface area contributed by atoms with Gasteiger partial charge in [0.05, 0.1) is 16.7 Å². The Morgan fingerprint density at radius 3 is 2.84 bits per heavy atom. The Balaban J connectivity index is 1.97. The molecule has 19 heavy (non-hydrogen) atoms. The van der Waals surface area contributed by atoms with Gasteiger partial charge >= 0.3 is 0 Å². The average molecular weight is 283 g/mol. The van der Waals surface area contributed by atoms with Crippen molar-refractivity contribution in [3.05, 3.63) is 28.8 Å². The van der Waals surface area contributed by atoms with Crippen LogP contribution in [0.4, 0.5) is 5.69 Å². The number of amides is 1. The molecule has 2 rings (SSSR count). The second-order valence-electron chi connectivity index (χ2n) is 4.66. The summed E-state index contributed by atoms with van der Waals surface area (Å²) in [6.07, 6.45) is 2.38. The molecular weight excluding hydrogens is 264 g/mol. The van der Waals surface area contributed by atoms with Gasteiger partial charge in [0, 0.05) is 25.4 Å². The van der Waals surface area contributed by atoms with E-state index in [9.17, 15) is 4.79 Å². The van der Waals surface area contributed by atoms with Crippen LogP contribution in [0.15, 0.2) is 18.2 Å². The van der Waals surface area contributed by atoms with Gasteiger partial charge in [0.1, 0.15) is 0 Å². The highest BCUT2D eigenvalue weighted by Gasteiger charge is 2.29. The normalized spacial score (nSPS) is 21.6. The van der Waals surface area contributed by atoms with Crippen LogP contribution in [0.5, 0.6) is 0 Å². The smallest absolute Gasteiger partial charge is 0.252 e. The lowest BCUT2D eigenvalue weighted by atomic mass is 9.89. The minimum atomic E-state index is -0.172. The summed E-state index contributed by atoms with van der Waals surface area (Å²) >= 11 is 6.01. The van der Waals surface area contributed by atoms with Crippen molar-refractivity contribution < 1.29 is 9.53 Å². The summed E-state index contributed by atoms with van der Waals surface area (Å²) in [4.78, 5) is 11.6. The summed E-state index contributed by atoms with van der Waals surface area (Å²) in [6, 6.07) is 5.83. The fourth-order valence-corrected chi connectivity index (χ4v) is 2.42. The summed E-state index contributed by atoms with van der Waals surface area (Å²) in [5.41, 5.74) is 1.41. The number of hydrogen-bond acceptors (Lipinski definition) is 3. The zero-order valence-electron chi connectivity index (χ0n) is 11.2. The van der Waals surface area contributed by atoms with Crippen LogP contribution >= 0.6 is 11.6 Å². The molecule has 1 aromatic rings. The second-order valence-corrected chi connectivity index (χ2v) is 5.07. The maximum Gasteiger partial charge on any atom is 0.252 e. The molecule has 0 bridgehead atoms. The average Bonchev–Trinajstić information content (AvgIpc) is 2.37. The molecule has 1 saturated carbocycles. The summed E-state index contributed by atoms with van der Waals surface area (Å²) in [5.74, 6) is -0.172. The minimum Gasteiger partial charge on any atom is -0.382 e. The van der Waals surface area contributed by atoms with E-state index in [1.54, 1.807) is 19.2 Å². The molecule has 1 aromatic carbocycles. The summed E-state index contributed by atoms with van der Waals surface area (Å²) in [7, 11) is 1.59. The van der Waals surface area contributed by atoms with Gasteiger partial charge in [-0.3, -0.25) is 4.79 Å². The maximum atomic E-state index is 11.6. The molecule has 1 fully saturated rings. The Hall–Kier alpha value is -1.26. The summed E-state index contributed by atoms with van der Waals surface area (Å²) < 4.78 is 5.52. The molecule has 0 atom stereocenters. The summed E-state index contributed by atoms with van der Waals surface area (Å²) in [6.45, 7) is 2.77. The lowest BCUT2D eigenvalue weighted by Crippen LogP contribution is -2.40. The number of benzene rings is 1. The second kappa shape index (κ2) is 6.26. The van der Waals surface area contributed by atoms with Crippen molar-refractivity contribution in [3.8, 4) is 0 Å². The number of anilines is 1. The zero-order valence-corrected chi connectivity index (χ0v) is 12.0. The molecule has 1 aliphatic carbocycles. The Morgan fingerprint density at radius 1 is 1.47 bits per heavy atom. The number of halogens is 1. The van der Waals surface area contributed by atoms with Gasteiger partial charge in [0.2, 0.25) is 0 Å². The van der Waals surface area contributed by atoms with Gasteiger partial charge in [-0.15, -0.1) is 0 Å². The van der Waals surface area contributed by atoms with Crippen LogP contribution in [0.2, 0.25) is 5.02 Å². The van der Waals surface area contributed by atoms with Crippen LogP contribution in [-0.4, -0.2) is 31.7 Å². The molecule has 5 heteroatoms. The lowest BCUT2D eigenvalue weighted by molar-refractivity contribution is 0.00299. The van der Waals surface area contributed by atoms with Crippen LogP contribution in [0.25, 0.3) is 0 Å². The fourth-order valence-electron chi connectivity index (χ4n) is 2.21. The quantitative estimate of drug-likeness (QED) is 0.873. The molecule has 1 aliphatic rings. The van der Waals surface area contributed by atoms with E-state index >= 15 is 0 Å². The van der Waals surface area contributed by atoms with E-state index in [1.807, 2.05) is 13.0 Å². The van der Waals surface area contributed by atoms with Gasteiger partial charge in [-0.2, -0.15) is 0 Å². The number of hydrogen-bond donors (Lipinski definition) is 2. The highest BCUT2D eigenvalue weighted by Crippen LogP contribution is 2.28. The Morgan fingerprint density at radius 2 is 2.21 bits per heavy atom. The molecule has 0 saturated heterocycles. The molecule has 104 valence electrons. The lowest BCUT2D eigenvalue weighted by Gasteiger charge is -2.36. The molecular formula is C14H19ClN2O2. The third-order valence-corrected chi connectivity index (χ3v) is 3.64. The van der Waals surface area contributed by atoms with Gasteiger partial charge in [0.25, 0.3) is 5.91 Å². The zero-order chi connectivity index (χ0) is 13.8. The number of rotatable bonds is 5. The number of nitrogens with one attached hydrogen (secondary N) is 2. The van der Waals surface area contributed by atoms with Gasteiger partial charge in [0.15, 0.2) is 0 Å². The van der Waals surface area contributed by atoms with Crippen molar-refractivity contribution >= 4 is 23.2 Å². The van der Waals surface area contributed by atoms with Gasteiger partial charge in [-0.1, -0.05) is 11.6 Å². The molecule has 2 N–H and O–H groups in total. The molecule has 4 nitrogen and oxygen atoms in total. The topological polar surface area (TPSA) is 50.4 Å². The Labute approximate surface area is 118 Å². The highest BCUT2D eigenvalue weighted by molar-refractivity contribution is 6.34. The van der Waals surface area contributed by atoms with E-state index in [4.69, 9.17) is 16.3 Å². The highest BCUT2D eigenvalue weighted by atomic mass is 35.5. The van der Waals surface area contributed by atoms with Crippen LogP contribution < -0.4 is 10.6 Å². The van der Waals surface area contributed by atoms with E-state index in [0.717, 1.165) is 25.1 Å². The number of carbonyl (C=O) groups is 1. The molecule has 0 unspecified atom stereocenters. The third-order valence-electron chi connectivity index (χ3n) is 3.31. The first-order chi connectivity index (χ1) is 9.13. The predicted molar refractivity (Wildman–Crippen MR) is 76.9 cm³/mol. The van der Waals surface area contributed by atoms with E-state index in [1.165, 1.54) is 0 Å². The van der Waals surface area contributed by atoms with Crippen LogP contribution in [0, 0.1) is 0 Å². The largest absolute Gasteiger partial charge is 0.382 e. The SMILES string of the molecule is CCOC1CC(Nc2ccc(Cl)c(C(=O)NC)c2)C1. The van der Waals surface area contributed by atoms with Crippen molar-refractivity contribution in [3.63, 3.8) is 0 Å². The number of carbonyl (C=O) groups excluding carboxylic acids is 1. The third kappa shape index (κ3) is 3.39. The maximum absolute atomic E-state index is 11.6. The van der Waals surface area contributed by atoms with E-state index < -0.39 is 0 Å². The van der Waals surface area contributed by atoms with Crippen molar-refractivity contribution in [2.24, 2.45) is 0 Å². The molecule has 0 aliphatic heterocycles. The fraction of sp³-hybridized carbons (Fsp3) is 0.500. The predicted octanol–water partition coefficient (Wildman–Crippen LogP) is 2.68. The van der Waals surface area contributed by atoms with Gasteiger partial charge in [-0.25, -0.2) is 0 Å². The monoisotopic (exact) mass is 282 g/mol. The van der Waals surface area contributed by atoms with E-state index in [2.05, 4.69) is 10.6 Å². The molecule has 1 amide bonds. The van der Waals surface area contributed by atoms with Crippen LogP contribution in [0.3, 0.4) is 0 Å². The van der Waals surface area contributed by atoms with Gasteiger partial charge < -0.3 is 15.4 Å².